The van der Waals surface area contributed by atoms with Crippen LogP contribution in [0.2, 0.25) is 0 Å². The summed E-state index contributed by atoms with van der Waals surface area (Å²) in [6.07, 6.45) is 1.34. The molecule has 0 saturated heterocycles. The maximum Gasteiger partial charge on any atom is 0.251 e. The minimum atomic E-state index is -3.09. The van der Waals surface area contributed by atoms with Gasteiger partial charge in [-0.15, -0.1) is 0 Å². The van der Waals surface area contributed by atoms with Crippen LogP contribution in [0, 0.1) is 11.6 Å². The van der Waals surface area contributed by atoms with Crippen LogP contribution in [0.1, 0.15) is 23.7 Å². The molecule has 0 radical (unpaired) electrons. The van der Waals surface area contributed by atoms with Crippen molar-refractivity contribution in [3.8, 4) is 0 Å². The zero-order valence-electron chi connectivity index (χ0n) is 11.9. The van der Waals surface area contributed by atoms with E-state index in [2.05, 4.69) is 10.6 Å². The molecule has 0 aliphatic rings. The van der Waals surface area contributed by atoms with Crippen LogP contribution < -0.4 is 10.6 Å². The molecule has 118 valence electrons. The van der Waals surface area contributed by atoms with E-state index in [1.807, 2.05) is 0 Å². The molecule has 5 nitrogen and oxygen atoms in total. The van der Waals surface area contributed by atoms with E-state index < -0.39 is 27.4 Å². The molecule has 1 aromatic carbocycles. The minimum absolute atomic E-state index is 0.0602. The quantitative estimate of drug-likeness (QED) is 0.748. The van der Waals surface area contributed by atoms with E-state index in [1.165, 1.54) is 0 Å². The molecule has 0 saturated carbocycles. The van der Waals surface area contributed by atoms with Crippen LogP contribution in [-0.4, -0.2) is 39.4 Å². The van der Waals surface area contributed by atoms with Crippen LogP contribution in [0.5, 0.6) is 0 Å². The standard InChI is InChI=1S/C13H18F2N2O3S/c1-3-16-12-10(14)7-9(8-11(12)15)13(18)17-5-4-6-21(2,19)20/h7-8,16H,3-6H2,1-2H3,(H,17,18). The van der Waals surface area contributed by atoms with Gasteiger partial charge in [0.05, 0.1) is 5.75 Å². The fraction of sp³-hybridized carbons (Fsp3) is 0.462. The van der Waals surface area contributed by atoms with E-state index in [1.54, 1.807) is 6.92 Å². The third kappa shape index (κ3) is 5.66. The number of amides is 1. The first kappa shape index (κ1) is 17.4. The van der Waals surface area contributed by atoms with Gasteiger partial charge in [0, 0.05) is 24.9 Å². The predicted molar refractivity (Wildman–Crippen MR) is 77.2 cm³/mol. The third-order valence-electron chi connectivity index (χ3n) is 2.64. The fourth-order valence-corrected chi connectivity index (χ4v) is 2.36. The lowest BCUT2D eigenvalue weighted by molar-refractivity contribution is 0.0953. The van der Waals surface area contributed by atoms with Crippen LogP contribution in [0.15, 0.2) is 12.1 Å². The first-order chi connectivity index (χ1) is 9.74. The normalized spacial score (nSPS) is 11.2. The lowest BCUT2D eigenvalue weighted by atomic mass is 10.1. The van der Waals surface area contributed by atoms with Gasteiger partial charge in [-0.05, 0) is 25.5 Å². The molecule has 0 unspecified atom stereocenters. The smallest absolute Gasteiger partial charge is 0.251 e. The van der Waals surface area contributed by atoms with E-state index in [0.717, 1.165) is 18.4 Å². The summed E-state index contributed by atoms with van der Waals surface area (Å²) < 4.78 is 49.1. The molecule has 0 aliphatic carbocycles. The molecule has 2 N–H and O–H groups in total. The molecule has 0 fully saturated rings. The number of carbonyl (C=O) groups excluding carboxylic acids is 1. The van der Waals surface area contributed by atoms with E-state index in [4.69, 9.17) is 0 Å². The molecule has 0 bridgehead atoms. The molecule has 0 aromatic heterocycles. The van der Waals surface area contributed by atoms with Crippen LogP contribution in [0.25, 0.3) is 0 Å². The van der Waals surface area contributed by atoms with Gasteiger partial charge >= 0.3 is 0 Å². The maximum atomic E-state index is 13.6. The van der Waals surface area contributed by atoms with Crippen molar-refractivity contribution in [1.82, 2.24) is 5.32 Å². The van der Waals surface area contributed by atoms with Crippen molar-refractivity contribution in [2.45, 2.75) is 13.3 Å². The van der Waals surface area contributed by atoms with Crippen molar-refractivity contribution >= 4 is 21.4 Å². The van der Waals surface area contributed by atoms with E-state index in [9.17, 15) is 22.0 Å². The third-order valence-corrected chi connectivity index (χ3v) is 3.67. The van der Waals surface area contributed by atoms with Crippen molar-refractivity contribution in [2.24, 2.45) is 0 Å². The van der Waals surface area contributed by atoms with Crippen LogP contribution in [0.3, 0.4) is 0 Å². The number of rotatable bonds is 7. The molecule has 1 aromatic rings. The first-order valence-electron chi connectivity index (χ1n) is 6.43. The average molecular weight is 320 g/mol. The highest BCUT2D eigenvalue weighted by molar-refractivity contribution is 7.90. The number of benzene rings is 1. The first-order valence-corrected chi connectivity index (χ1v) is 8.49. The highest BCUT2D eigenvalue weighted by atomic mass is 32.2. The van der Waals surface area contributed by atoms with Gasteiger partial charge in [-0.25, -0.2) is 17.2 Å². The molecule has 1 rings (SSSR count). The zero-order chi connectivity index (χ0) is 16.0. The van der Waals surface area contributed by atoms with Crippen molar-refractivity contribution in [2.75, 3.05) is 30.4 Å². The van der Waals surface area contributed by atoms with E-state index in [0.29, 0.717) is 6.54 Å². The second-order valence-electron chi connectivity index (χ2n) is 4.58. The van der Waals surface area contributed by atoms with Crippen LogP contribution in [0.4, 0.5) is 14.5 Å². The summed E-state index contributed by atoms with van der Waals surface area (Å²) in [5, 5.41) is 4.95. The number of sulfone groups is 1. The summed E-state index contributed by atoms with van der Waals surface area (Å²) in [4.78, 5) is 11.7. The summed E-state index contributed by atoms with van der Waals surface area (Å²) in [5.74, 6) is -2.41. The van der Waals surface area contributed by atoms with Crippen molar-refractivity contribution in [3.63, 3.8) is 0 Å². The summed E-state index contributed by atoms with van der Waals surface area (Å²) in [6.45, 7) is 2.16. The lowest BCUT2D eigenvalue weighted by Crippen LogP contribution is -2.26. The average Bonchev–Trinajstić information content (AvgIpc) is 2.37. The monoisotopic (exact) mass is 320 g/mol. The van der Waals surface area contributed by atoms with Crippen LogP contribution in [-0.2, 0) is 9.84 Å². The zero-order valence-corrected chi connectivity index (χ0v) is 12.7. The Morgan fingerprint density at radius 1 is 1.24 bits per heavy atom. The van der Waals surface area contributed by atoms with Crippen molar-refractivity contribution in [1.29, 1.82) is 0 Å². The number of nitrogens with one attached hydrogen (secondary N) is 2. The number of hydrogen-bond acceptors (Lipinski definition) is 4. The Hall–Kier alpha value is -1.70. The highest BCUT2D eigenvalue weighted by Gasteiger charge is 2.14. The number of halogens is 2. The molecule has 0 atom stereocenters. The Morgan fingerprint density at radius 2 is 1.81 bits per heavy atom. The second kappa shape index (κ2) is 7.35. The summed E-state index contributed by atoms with van der Waals surface area (Å²) in [6, 6.07) is 1.87. The molecule has 1 amide bonds. The van der Waals surface area contributed by atoms with Gasteiger partial charge in [-0.3, -0.25) is 4.79 Å². The Bertz CT molecular complexity index is 595. The Balaban J connectivity index is 2.67. The molecular weight excluding hydrogens is 302 g/mol. The van der Waals surface area contributed by atoms with Crippen molar-refractivity contribution in [3.05, 3.63) is 29.3 Å². The minimum Gasteiger partial charge on any atom is -0.381 e. The van der Waals surface area contributed by atoms with Gasteiger partial charge in [-0.1, -0.05) is 0 Å². The Labute approximate surface area is 122 Å². The molecule has 21 heavy (non-hydrogen) atoms. The van der Waals surface area contributed by atoms with E-state index >= 15 is 0 Å². The van der Waals surface area contributed by atoms with Gasteiger partial charge in [0.15, 0.2) is 0 Å². The van der Waals surface area contributed by atoms with Gasteiger partial charge in [0.25, 0.3) is 5.91 Å². The fourth-order valence-electron chi connectivity index (χ4n) is 1.69. The summed E-state index contributed by atoms with van der Waals surface area (Å²) in [5.41, 5.74) is -0.419. The molecule has 0 aliphatic heterocycles. The number of anilines is 1. The van der Waals surface area contributed by atoms with E-state index in [-0.39, 0.29) is 30.0 Å². The molecule has 0 heterocycles. The number of hydrogen-bond donors (Lipinski definition) is 2. The molecular formula is C13H18F2N2O3S. The van der Waals surface area contributed by atoms with Gasteiger partial charge in [0.1, 0.15) is 27.2 Å². The molecule has 0 spiro atoms. The van der Waals surface area contributed by atoms with Gasteiger partial charge in [-0.2, -0.15) is 0 Å². The molecule has 8 heteroatoms. The Kier molecular flexibility index (Phi) is 6.07. The van der Waals surface area contributed by atoms with Crippen molar-refractivity contribution < 1.29 is 22.0 Å². The topological polar surface area (TPSA) is 75.3 Å². The largest absolute Gasteiger partial charge is 0.381 e. The highest BCUT2D eigenvalue weighted by Crippen LogP contribution is 2.20. The van der Waals surface area contributed by atoms with Gasteiger partial charge < -0.3 is 10.6 Å². The van der Waals surface area contributed by atoms with Gasteiger partial charge in [0.2, 0.25) is 0 Å². The summed E-state index contributed by atoms with van der Waals surface area (Å²) >= 11 is 0. The number of carbonyl (C=O) groups is 1. The lowest BCUT2D eigenvalue weighted by Gasteiger charge is -2.09. The Morgan fingerprint density at radius 3 is 2.29 bits per heavy atom. The predicted octanol–water partition coefficient (Wildman–Crippen LogP) is 1.56. The second-order valence-corrected chi connectivity index (χ2v) is 6.84. The SMILES string of the molecule is CCNc1c(F)cc(C(=O)NCCCS(C)(=O)=O)cc1F. The van der Waals surface area contributed by atoms with Crippen LogP contribution >= 0.6 is 0 Å². The maximum absolute atomic E-state index is 13.6. The summed E-state index contributed by atoms with van der Waals surface area (Å²) in [7, 11) is -3.09.